The Morgan fingerprint density at radius 2 is 1.69 bits per heavy atom. The Kier molecular flexibility index (Phi) is 6.49. The number of rotatable bonds is 6. The molecule has 0 aliphatic carbocycles. The first-order valence-corrected chi connectivity index (χ1v) is 13.0. The number of nitro benzene ring substituents is 1. The number of nitrogens with zero attached hydrogens (tertiary/aromatic N) is 2. The number of hydrogen-bond donors (Lipinski definition) is 4. The van der Waals surface area contributed by atoms with Crippen LogP contribution in [0, 0.1) is 10.1 Å². The highest BCUT2D eigenvalue weighted by atomic mass is 32.2. The van der Waals surface area contributed by atoms with Gasteiger partial charge in [-0.25, -0.2) is 8.42 Å². The third kappa shape index (κ3) is 4.89. The SMILES string of the molecule is O=c1c(O)c(-c2ccc(O)c(O)c2)oc2ccc(NS(=O)(=O)c3ccc(N4CCOCC4)c([N+](=O)[O-])c3)cc12. The Balaban J connectivity index is 1.48. The van der Waals surface area contributed by atoms with E-state index in [-0.39, 0.29) is 44.3 Å². The maximum absolute atomic E-state index is 13.1. The molecule has 1 aromatic heterocycles. The molecule has 1 saturated heterocycles. The Labute approximate surface area is 220 Å². The Morgan fingerprint density at radius 3 is 2.38 bits per heavy atom. The van der Waals surface area contributed by atoms with Gasteiger partial charge >= 0.3 is 0 Å². The van der Waals surface area contributed by atoms with E-state index in [0.717, 1.165) is 24.3 Å². The zero-order valence-corrected chi connectivity index (χ0v) is 20.8. The lowest BCUT2D eigenvalue weighted by atomic mass is 10.1. The molecular weight excluding hydrogens is 534 g/mol. The fraction of sp³-hybridized carbons (Fsp3) is 0.160. The van der Waals surface area contributed by atoms with Gasteiger partial charge in [0.15, 0.2) is 17.3 Å². The Morgan fingerprint density at radius 1 is 0.949 bits per heavy atom. The van der Waals surface area contributed by atoms with E-state index in [2.05, 4.69) is 4.72 Å². The number of benzene rings is 3. The topological polar surface area (TPSA) is 193 Å². The molecule has 4 N–H and O–H groups in total. The summed E-state index contributed by atoms with van der Waals surface area (Å²) in [5.41, 5.74) is -0.896. The first-order valence-electron chi connectivity index (χ1n) is 11.5. The van der Waals surface area contributed by atoms with Crippen molar-refractivity contribution in [3.63, 3.8) is 0 Å². The van der Waals surface area contributed by atoms with Crippen molar-refractivity contribution in [2.75, 3.05) is 35.9 Å². The predicted molar refractivity (Wildman–Crippen MR) is 140 cm³/mol. The number of phenolic OH excluding ortho intramolecular Hbond substituents is 2. The minimum atomic E-state index is -4.31. The maximum Gasteiger partial charge on any atom is 0.293 e. The zero-order valence-electron chi connectivity index (χ0n) is 20.0. The van der Waals surface area contributed by atoms with Gasteiger partial charge in [-0.2, -0.15) is 0 Å². The first-order chi connectivity index (χ1) is 18.5. The highest BCUT2D eigenvalue weighted by Gasteiger charge is 2.26. The summed E-state index contributed by atoms with van der Waals surface area (Å²) < 4.78 is 39.4. The van der Waals surface area contributed by atoms with Crippen LogP contribution < -0.4 is 15.1 Å². The van der Waals surface area contributed by atoms with Crippen LogP contribution >= 0.6 is 0 Å². The largest absolute Gasteiger partial charge is 0.504 e. The molecule has 0 radical (unpaired) electrons. The summed E-state index contributed by atoms with van der Waals surface area (Å²) in [5, 5.41) is 41.3. The van der Waals surface area contributed by atoms with Crippen LogP contribution in [0.4, 0.5) is 17.1 Å². The molecule has 1 aliphatic heterocycles. The van der Waals surface area contributed by atoms with E-state index in [4.69, 9.17) is 9.15 Å². The van der Waals surface area contributed by atoms with Crippen molar-refractivity contribution in [1.29, 1.82) is 0 Å². The molecule has 3 aromatic carbocycles. The molecular formula is C25H21N3O10S. The average Bonchev–Trinajstić information content (AvgIpc) is 2.92. The molecule has 4 aromatic rings. The average molecular weight is 556 g/mol. The second-order valence-electron chi connectivity index (χ2n) is 8.64. The van der Waals surface area contributed by atoms with E-state index in [1.807, 2.05) is 0 Å². The van der Waals surface area contributed by atoms with Crippen LogP contribution in [0.1, 0.15) is 0 Å². The van der Waals surface area contributed by atoms with E-state index in [1.54, 1.807) is 4.90 Å². The van der Waals surface area contributed by atoms with Crippen LogP contribution in [0.25, 0.3) is 22.3 Å². The second kappa shape index (κ2) is 9.81. The van der Waals surface area contributed by atoms with Crippen molar-refractivity contribution in [2.45, 2.75) is 4.90 Å². The number of aromatic hydroxyl groups is 3. The van der Waals surface area contributed by atoms with Crippen LogP contribution in [0.5, 0.6) is 17.2 Å². The minimum Gasteiger partial charge on any atom is -0.504 e. The van der Waals surface area contributed by atoms with Gasteiger partial charge in [0.05, 0.1) is 28.4 Å². The molecule has 2 heterocycles. The summed E-state index contributed by atoms with van der Waals surface area (Å²) in [6, 6.07) is 10.9. The van der Waals surface area contributed by atoms with Gasteiger partial charge in [-0.3, -0.25) is 19.6 Å². The van der Waals surface area contributed by atoms with Gasteiger partial charge < -0.3 is 29.4 Å². The Bertz CT molecular complexity index is 1780. The summed E-state index contributed by atoms with van der Waals surface area (Å²) in [6.07, 6.45) is 0. The zero-order chi connectivity index (χ0) is 27.9. The van der Waals surface area contributed by atoms with E-state index in [0.29, 0.717) is 26.3 Å². The normalized spacial score (nSPS) is 13.9. The van der Waals surface area contributed by atoms with E-state index >= 15 is 0 Å². The summed E-state index contributed by atoms with van der Waals surface area (Å²) in [5.74, 6) is -1.94. The van der Waals surface area contributed by atoms with Crippen molar-refractivity contribution >= 4 is 38.1 Å². The molecule has 202 valence electrons. The standard InChI is InChI=1S/C25H21N3O10S/c29-20-5-1-14(11-21(20)30)25-24(32)23(31)17-12-15(2-6-22(17)38-25)26-39(35,36)16-3-4-18(19(13-16)28(33)34)27-7-9-37-10-8-27/h1-6,11-13,26,29-30,32H,7-10H2. The van der Waals surface area contributed by atoms with Gasteiger partial charge in [0.1, 0.15) is 11.3 Å². The number of nitro groups is 1. The molecule has 0 saturated carbocycles. The minimum absolute atomic E-state index is 0.00816. The fourth-order valence-corrected chi connectivity index (χ4v) is 5.28. The molecule has 0 atom stereocenters. The molecule has 0 bridgehead atoms. The van der Waals surface area contributed by atoms with E-state index in [9.17, 15) is 38.6 Å². The number of hydrogen-bond acceptors (Lipinski definition) is 11. The molecule has 14 heteroatoms. The molecule has 0 spiro atoms. The molecule has 13 nitrogen and oxygen atoms in total. The van der Waals surface area contributed by atoms with Crippen LogP contribution in [-0.4, -0.2) is 55.0 Å². The van der Waals surface area contributed by atoms with Crippen molar-refractivity contribution in [3.8, 4) is 28.6 Å². The molecule has 1 fully saturated rings. The number of phenols is 2. The number of ether oxygens (including phenoxy) is 1. The van der Waals surface area contributed by atoms with Crippen molar-refractivity contribution in [1.82, 2.24) is 0 Å². The number of fused-ring (bicyclic) bond motifs is 1. The second-order valence-corrected chi connectivity index (χ2v) is 10.3. The van der Waals surface area contributed by atoms with Crippen molar-refractivity contribution < 1.29 is 37.8 Å². The van der Waals surface area contributed by atoms with Gasteiger partial charge in [-0.05, 0) is 48.5 Å². The highest BCUT2D eigenvalue weighted by Crippen LogP contribution is 2.36. The van der Waals surface area contributed by atoms with Gasteiger partial charge in [-0.1, -0.05) is 0 Å². The van der Waals surface area contributed by atoms with Gasteiger partial charge in [0, 0.05) is 30.4 Å². The van der Waals surface area contributed by atoms with Gasteiger partial charge in [0.25, 0.3) is 15.7 Å². The lowest BCUT2D eigenvalue weighted by molar-refractivity contribution is -0.384. The van der Waals surface area contributed by atoms with Gasteiger partial charge in [0.2, 0.25) is 11.2 Å². The third-order valence-electron chi connectivity index (χ3n) is 6.16. The fourth-order valence-electron chi connectivity index (χ4n) is 4.21. The van der Waals surface area contributed by atoms with Crippen LogP contribution in [0.3, 0.4) is 0 Å². The number of morpholine rings is 1. The summed E-state index contributed by atoms with van der Waals surface area (Å²) >= 11 is 0. The summed E-state index contributed by atoms with van der Waals surface area (Å²) in [4.78, 5) is 25.3. The lowest BCUT2D eigenvalue weighted by Crippen LogP contribution is -2.36. The molecule has 0 unspecified atom stereocenters. The molecule has 0 amide bonds. The van der Waals surface area contributed by atoms with E-state index < -0.39 is 37.6 Å². The third-order valence-corrected chi connectivity index (χ3v) is 7.54. The molecule has 5 rings (SSSR count). The number of nitrogens with one attached hydrogen (secondary N) is 1. The van der Waals surface area contributed by atoms with Crippen molar-refractivity contribution in [3.05, 3.63) is 74.9 Å². The summed E-state index contributed by atoms with van der Waals surface area (Å²) in [7, 11) is -4.31. The summed E-state index contributed by atoms with van der Waals surface area (Å²) in [6.45, 7) is 1.63. The quantitative estimate of drug-likeness (QED) is 0.155. The smallest absolute Gasteiger partial charge is 0.293 e. The van der Waals surface area contributed by atoms with Crippen LogP contribution in [0.15, 0.2) is 68.7 Å². The highest BCUT2D eigenvalue weighted by molar-refractivity contribution is 7.92. The van der Waals surface area contributed by atoms with Gasteiger partial charge in [-0.15, -0.1) is 0 Å². The number of sulfonamides is 1. The van der Waals surface area contributed by atoms with Crippen LogP contribution in [0.2, 0.25) is 0 Å². The van der Waals surface area contributed by atoms with E-state index in [1.165, 1.54) is 30.3 Å². The predicted octanol–water partition coefficient (Wildman–Crippen LogP) is 3.12. The molecule has 1 aliphatic rings. The first kappa shape index (κ1) is 25.8. The monoisotopic (exact) mass is 555 g/mol. The molecule has 39 heavy (non-hydrogen) atoms. The lowest BCUT2D eigenvalue weighted by Gasteiger charge is -2.28. The maximum atomic E-state index is 13.1. The van der Waals surface area contributed by atoms with Crippen LogP contribution in [-0.2, 0) is 14.8 Å². The Hall–Kier alpha value is -4.82. The van der Waals surface area contributed by atoms with Crippen molar-refractivity contribution in [2.24, 2.45) is 0 Å². The number of anilines is 2.